The maximum atomic E-state index is 14.7. The maximum absolute atomic E-state index is 14.7. The van der Waals surface area contributed by atoms with Gasteiger partial charge in [0.25, 0.3) is 11.5 Å². The van der Waals surface area contributed by atoms with Crippen molar-refractivity contribution in [2.75, 3.05) is 26.2 Å². The van der Waals surface area contributed by atoms with Crippen molar-refractivity contribution in [1.29, 1.82) is 0 Å². The van der Waals surface area contributed by atoms with Crippen LogP contribution in [0.3, 0.4) is 0 Å². The van der Waals surface area contributed by atoms with Crippen molar-refractivity contribution in [3.63, 3.8) is 0 Å². The molecule has 1 saturated heterocycles. The Balaban J connectivity index is 1.85. The van der Waals surface area contributed by atoms with Gasteiger partial charge in [-0.2, -0.15) is 5.10 Å². The molecule has 1 N–H and O–H groups in total. The van der Waals surface area contributed by atoms with Gasteiger partial charge in [-0.1, -0.05) is 49.2 Å². The molecule has 2 aromatic heterocycles. The van der Waals surface area contributed by atoms with Gasteiger partial charge in [0.05, 0.1) is 28.2 Å². The molecule has 0 radical (unpaired) electrons. The number of nitrogens with one attached hydrogen (secondary N) is 1. The first-order valence-corrected chi connectivity index (χ1v) is 15.0. The Bertz CT molecular complexity index is 1680. The van der Waals surface area contributed by atoms with Crippen LogP contribution in [0.2, 0.25) is 5.02 Å². The fourth-order valence-electron chi connectivity index (χ4n) is 5.60. The highest BCUT2D eigenvalue weighted by Gasteiger charge is 2.28. The van der Waals surface area contributed by atoms with Crippen LogP contribution in [0.25, 0.3) is 28.7 Å². The Morgan fingerprint density at radius 1 is 1.02 bits per heavy atom. The number of benzene rings is 2. The molecular weight excluding hydrogens is 546 g/mol. The largest absolute Gasteiger partial charge is 0.336 e. The van der Waals surface area contributed by atoms with Crippen molar-refractivity contribution >= 4 is 23.6 Å². The summed E-state index contributed by atoms with van der Waals surface area (Å²) in [6.07, 6.45) is 5.37. The summed E-state index contributed by atoms with van der Waals surface area (Å²) < 4.78 is 3.53. The average molecular weight is 584 g/mol. The number of allylic oxidation sites excluding steroid dienone is 1. The molecule has 2 aromatic carbocycles. The van der Waals surface area contributed by atoms with Crippen LogP contribution in [0.15, 0.2) is 65.1 Å². The van der Waals surface area contributed by atoms with Crippen LogP contribution in [-0.4, -0.2) is 51.3 Å². The second-order valence-electron chi connectivity index (χ2n) is 11.0. The molecule has 0 saturated carbocycles. The lowest BCUT2D eigenvalue weighted by Crippen LogP contribution is -2.47. The van der Waals surface area contributed by atoms with Crippen LogP contribution < -0.4 is 10.9 Å². The van der Waals surface area contributed by atoms with E-state index in [1.807, 2.05) is 68.3 Å². The van der Waals surface area contributed by atoms with Crippen LogP contribution in [0.5, 0.6) is 0 Å². The van der Waals surface area contributed by atoms with E-state index in [0.717, 1.165) is 59.6 Å². The minimum Gasteiger partial charge on any atom is -0.336 e. The molecule has 218 valence electrons. The molecule has 0 bridgehead atoms. The summed E-state index contributed by atoms with van der Waals surface area (Å²) in [7, 11) is 0. The number of carbonyl (C=O) groups is 1. The highest BCUT2D eigenvalue weighted by Crippen LogP contribution is 2.30. The summed E-state index contributed by atoms with van der Waals surface area (Å²) in [5.41, 5.74) is 7.50. The molecule has 1 aliphatic heterocycles. The number of aryl methyl sites for hydroxylation is 3. The number of piperazine rings is 1. The summed E-state index contributed by atoms with van der Waals surface area (Å²) in [6.45, 7) is 12.8. The lowest BCUT2D eigenvalue weighted by molar-refractivity contribution is 0.0735. The van der Waals surface area contributed by atoms with Gasteiger partial charge in [0, 0.05) is 37.4 Å². The summed E-state index contributed by atoms with van der Waals surface area (Å²) in [5.74, 6) is -0.0826. The smallest absolute Gasteiger partial charge is 0.265 e. The van der Waals surface area contributed by atoms with E-state index in [1.54, 1.807) is 15.3 Å². The predicted molar refractivity (Wildman–Crippen MR) is 171 cm³/mol. The van der Waals surface area contributed by atoms with Gasteiger partial charge in [0.15, 0.2) is 0 Å². The molecule has 4 aromatic rings. The molecule has 0 spiro atoms. The first-order valence-electron chi connectivity index (χ1n) is 14.6. The maximum Gasteiger partial charge on any atom is 0.265 e. The molecule has 42 heavy (non-hydrogen) atoms. The molecule has 1 aliphatic rings. The predicted octanol–water partition coefficient (Wildman–Crippen LogP) is 6.25. The van der Waals surface area contributed by atoms with Crippen molar-refractivity contribution in [3.8, 4) is 22.6 Å². The van der Waals surface area contributed by atoms with Crippen molar-refractivity contribution < 1.29 is 4.79 Å². The fourth-order valence-corrected chi connectivity index (χ4v) is 5.73. The Kier molecular flexibility index (Phi) is 8.80. The quantitative estimate of drug-likeness (QED) is 0.279. The number of pyridine rings is 1. The van der Waals surface area contributed by atoms with Crippen molar-refractivity contribution in [3.05, 3.63) is 104 Å². The molecule has 0 aliphatic carbocycles. The van der Waals surface area contributed by atoms with Crippen molar-refractivity contribution in [2.24, 2.45) is 0 Å². The number of amides is 1. The van der Waals surface area contributed by atoms with Gasteiger partial charge in [-0.15, -0.1) is 0 Å². The van der Waals surface area contributed by atoms with Crippen LogP contribution in [-0.2, 0) is 12.8 Å². The third-order valence-corrected chi connectivity index (χ3v) is 7.98. The lowest BCUT2D eigenvalue weighted by Gasteiger charge is -2.29. The summed E-state index contributed by atoms with van der Waals surface area (Å²) in [4.78, 5) is 30.9. The van der Waals surface area contributed by atoms with Gasteiger partial charge in [0.2, 0.25) is 0 Å². The van der Waals surface area contributed by atoms with Gasteiger partial charge in [0.1, 0.15) is 5.69 Å². The molecule has 5 rings (SSSR count). The van der Waals surface area contributed by atoms with E-state index in [2.05, 4.69) is 31.3 Å². The van der Waals surface area contributed by atoms with Crippen LogP contribution >= 0.6 is 11.6 Å². The number of para-hydroxylation sites is 1. The molecular formula is C34H38ClN5O2. The number of nitrogens with zero attached hydrogens (tertiary/aromatic N) is 4. The molecule has 3 heterocycles. The van der Waals surface area contributed by atoms with E-state index in [-0.39, 0.29) is 11.5 Å². The summed E-state index contributed by atoms with van der Waals surface area (Å²) in [6, 6.07) is 15.3. The Labute approximate surface area is 252 Å². The van der Waals surface area contributed by atoms with Crippen LogP contribution in [0.4, 0.5) is 0 Å². The zero-order chi connectivity index (χ0) is 30.0. The highest BCUT2D eigenvalue weighted by atomic mass is 35.5. The zero-order valence-electron chi connectivity index (χ0n) is 25.0. The number of carbonyl (C=O) groups excluding carboxylic acids is 1. The SMILES string of the molecule is CCc1cccc(CC)c1-n1c(C=C(C)C)c(C(=O)N2CCNCC2)cc(-c2nn(-c3ccc(Cl)cc3)cc2C)c1=O. The van der Waals surface area contributed by atoms with Crippen molar-refractivity contribution in [2.45, 2.75) is 47.5 Å². The van der Waals surface area contributed by atoms with Gasteiger partial charge in [-0.3, -0.25) is 14.2 Å². The van der Waals surface area contributed by atoms with E-state index in [4.69, 9.17) is 16.7 Å². The minimum atomic E-state index is -0.195. The topological polar surface area (TPSA) is 72.2 Å². The molecule has 0 atom stereocenters. The molecule has 7 nitrogen and oxygen atoms in total. The van der Waals surface area contributed by atoms with E-state index in [0.29, 0.717) is 40.6 Å². The number of halogens is 1. The summed E-state index contributed by atoms with van der Waals surface area (Å²) >= 11 is 6.12. The fraction of sp³-hybridized carbons (Fsp3) is 0.324. The van der Waals surface area contributed by atoms with E-state index in [9.17, 15) is 9.59 Å². The van der Waals surface area contributed by atoms with Gasteiger partial charge in [-0.25, -0.2) is 4.68 Å². The summed E-state index contributed by atoms with van der Waals surface area (Å²) in [5, 5.41) is 8.84. The molecule has 1 amide bonds. The Morgan fingerprint density at radius 3 is 2.26 bits per heavy atom. The average Bonchev–Trinajstić information content (AvgIpc) is 3.38. The number of rotatable bonds is 7. The third-order valence-electron chi connectivity index (χ3n) is 7.73. The molecule has 1 fully saturated rings. The van der Waals surface area contributed by atoms with Gasteiger partial charge in [-0.05, 0) is 86.7 Å². The second-order valence-corrected chi connectivity index (χ2v) is 11.4. The van der Waals surface area contributed by atoms with E-state index in [1.165, 1.54) is 0 Å². The third kappa shape index (κ3) is 5.72. The number of hydrogen-bond donors (Lipinski definition) is 1. The first-order chi connectivity index (χ1) is 20.2. The zero-order valence-corrected chi connectivity index (χ0v) is 25.8. The molecule has 8 heteroatoms. The lowest BCUT2D eigenvalue weighted by atomic mass is 9.98. The monoisotopic (exact) mass is 583 g/mol. The van der Waals surface area contributed by atoms with Gasteiger partial charge < -0.3 is 10.2 Å². The van der Waals surface area contributed by atoms with Gasteiger partial charge >= 0.3 is 0 Å². The second kappa shape index (κ2) is 12.5. The number of aromatic nitrogens is 3. The van der Waals surface area contributed by atoms with Crippen molar-refractivity contribution in [1.82, 2.24) is 24.6 Å². The first kappa shape index (κ1) is 29.5. The minimum absolute atomic E-state index is 0.0826. The Morgan fingerprint density at radius 2 is 1.67 bits per heavy atom. The van der Waals surface area contributed by atoms with Crippen LogP contribution in [0, 0.1) is 6.92 Å². The normalized spacial score (nSPS) is 13.3. The van der Waals surface area contributed by atoms with E-state index < -0.39 is 0 Å². The molecule has 0 unspecified atom stereocenters. The van der Waals surface area contributed by atoms with Crippen LogP contribution in [0.1, 0.15) is 60.4 Å². The van der Waals surface area contributed by atoms with E-state index >= 15 is 0 Å². The standard InChI is InChI=1S/C34H38ClN5O2/c1-6-24-9-8-10-25(7-2)32(24)40-30(19-22(3)4)28(33(41)38-17-15-36-16-18-38)20-29(34(40)42)31-23(5)21-39(37-31)27-13-11-26(35)12-14-27/h8-14,19-21,36H,6-7,15-18H2,1-5H3. The number of hydrogen-bond acceptors (Lipinski definition) is 4. The highest BCUT2D eigenvalue weighted by molar-refractivity contribution is 6.30. The Hall–Kier alpha value is -3.94.